The molecule has 25 heavy (non-hydrogen) atoms. The van der Waals surface area contributed by atoms with Gasteiger partial charge in [0, 0.05) is 0 Å². The predicted octanol–water partition coefficient (Wildman–Crippen LogP) is 1.61. The highest BCUT2D eigenvalue weighted by molar-refractivity contribution is 5.88. The Bertz CT molecular complexity index is 484. The van der Waals surface area contributed by atoms with Crippen molar-refractivity contribution in [3.05, 3.63) is 0 Å². The van der Waals surface area contributed by atoms with Gasteiger partial charge in [-0.2, -0.15) is 22.0 Å². The summed E-state index contributed by atoms with van der Waals surface area (Å²) in [5.74, 6) is -7.90. The molecule has 0 rings (SSSR count). The van der Waals surface area contributed by atoms with Crippen LogP contribution in [0.1, 0.15) is 20.3 Å². The van der Waals surface area contributed by atoms with Crippen molar-refractivity contribution in [2.24, 2.45) is 5.92 Å². The number of alkyl halides is 5. The van der Waals surface area contributed by atoms with E-state index in [4.69, 9.17) is 0 Å². The minimum absolute atomic E-state index is 0.371. The first kappa shape index (κ1) is 22.9. The maximum absolute atomic E-state index is 12.6. The fourth-order valence-electron chi connectivity index (χ4n) is 1.46. The Morgan fingerprint density at radius 1 is 1.12 bits per heavy atom. The van der Waals surface area contributed by atoms with Gasteiger partial charge in [0.15, 0.2) is 6.61 Å². The Morgan fingerprint density at radius 2 is 1.68 bits per heavy atom. The number of rotatable bonds is 8. The zero-order chi connectivity index (χ0) is 19.8. The lowest BCUT2D eigenvalue weighted by molar-refractivity contribution is -0.294. The lowest BCUT2D eigenvalue weighted by Gasteiger charge is -2.23. The van der Waals surface area contributed by atoms with Crippen LogP contribution in [0, 0.1) is 5.92 Å². The van der Waals surface area contributed by atoms with Crippen molar-refractivity contribution in [3.8, 4) is 0 Å². The molecule has 0 aliphatic rings. The van der Waals surface area contributed by atoms with Crippen LogP contribution in [0.25, 0.3) is 0 Å². The third kappa shape index (κ3) is 7.52. The normalized spacial score (nSPS) is 14.2. The van der Waals surface area contributed by atoms with Crippen LogP contribution in [-0.2, 0) is 19.1 Å². The standard InChI is InChI=1S/C13H19F5N2O5/c1-4-7(2)9(20-11(23)24-3)10(22)19-5-8(21)25-6-12(14,15)13(16,17)18/h7,9H,4-6H2,1-3H3,(H,19,22)(H,20,23). The molecule has 2 N–H and O–H groups in total. The SMILES string of the molecule is CCC(C)C(NC(=O)OC)C(=O)NCC(=O)OCC(F)(F)C(F)(F)F. The number of esters is 1. The number of alkyl carbamates (subject to hydrolysis) is 1. The molecule has 0 aromatic heterocycles. The summed E-state index contributed by atoms with van der Waals surface area (Å²) in [7, 11) is 1.07. The highest BCUT2D eigenvalue weighted by atomic mass is 19.4. The number of hydrogen-bond acceptors (Lipinski definition) is 5. The first-order valence-corrected chi connectivity index (χ1v) is 7.08. The molecule has 0 aromatic rings. The Labute approximate surface area is 140 Å². The number of hydrogen-bond donors (Lipinski definition) is 2. The largest absolute Gasteiger partial charge is 0.458 e. The van der Waals surface area contributed by atoms with E-state index in [2.05, 4.69) is 14.8 Å². The topological polar surface area (TPSA) is 93.7 Å². The third-order valence-corrected chi connectivity index (χ3v) is 3.19. The molecule has 0 saturated carbocycles. The summed E-state index contributed by atoms with van der Waals surface area (Å²) in [5, 5.41) is 4.22. The van der Waals surface area contributed by atoms with Gasteiger partial charge in [-0.15, -0.1) is 0 Å². The van der Waals surface area contributed by atoms with E-state index in [1.165, 1.54) is 0 Å². The van der Waals surface area contributed by atoms with Gasteiger partial charge in [-0.05, 0) is 5.92 Å². The molecule has 2 atom stereocenters. The average Bonchev–Trinajstić information content (AvgIpc) is 2.53. The van der Waals surface area contributed by atoms with Crippen molar-refractivity contribution in [1.82, 2.24) is 10.6 Å². The van der Waals surface area contributed by atoms with Gasteiger partial charge in [0.1, 0.15) is 12.6 Å². The van der Waals surface area contributed by atoms with Crippen LogP contribution >= 0.6 is 0 Å². The fraction of sp³-hybridized carbons (Fsp3) is 0.769. The molecule has 2 unspecified atom stereocenters. The van der Waals surface area contributed by atoms with Crippen molar-refractivity contribution in [2.75, 3.05) is 20.3 Å². The van der Waals surface area contributed by atoms with E-state index >= 15 is 0 Å². The summed E-state index contributed by atoms with van der Waals surface area (Å²) in [6.07, 6.45) is -6.31. The number of amides is 2. The molecule has 0 fully saturated rings. The van der Waals surface area contributed by atoms with Crippen molar-refractivity contribution < 1.29 is 45.8 Å². The zero-order valence-electron chi connectivity index (χ0n) is 13.7. The summed E-state index contributed by atoms with van der Waals surface area (Å²) in [5.41, 5.74) is 0. The molecule has 0 radical (unpaired) electrons. The highest BCUT2D eigenvalue weighted by Crippen LogP contribution is 2.35. The van der Waals surface area contributed by atoms with Gasteiger partial charge >= 0.3 is 24.2 Å². The minimum atomic E-state index is -5.86. The molecule has 12 heteroatoms. The van der Waals surface area contributed by atoms with Crippen LogP contribution in [0.4, 0.5) is 26.7 Å². The molecule has 0 aliphatic heterocycles. The zero-order valence-corrected chi connectivity index (χ0v) is 13.7. The summed E-state index contributed by atoms with van der Waals surface area (Å²) in [4.78, 5) is 34.4. The molecule has 2 amide bonds. The van der Waals surface area contributed by atoms with E-state index in [1.54, 1.807) is 13.8 Å². The molecular formula is C13H19F5N2O5. The van der Waals surface area contributed by atoms with Crippen LogP contribution in [0.15, 0.2) is 0 Å². The van der Waals surface area contributed by atoms with E-state index in [9.17, 15) is 36.3 Å². The lowest BCUT2D eigenvalue weighted by Crippen LogP contribution is -2.51. The summed E-state index contributed by atoms with van der Waals surface area (Å²) in [6, 6.07) is -1.10. The number of halogens is 5. The van der Waals surface area contributed by atoms with Gasteiger partial charge in [0.25, 0.3) is 0 Å². The molecular weight excluding hydrogens is 359 g/mol. The van der Waals surface area contributed by atoms with Crippen molar-refractivity contribution in [2.45, 2.75) is 38.4 Å². The molecule has 0 aliphatic carbocycles. The fourth-order valence-corrected chi connectivity index (χ4v) is 1.46. The van der Waals surface area contributed by atoms with Crippen LogP contribution in [-0.4, -0.2) is 56.4 Å². The maximum Gasteiger partial charge on any atom is 0.456 e. The molecule has 0 bridgehead atoms. The summed E-state index contributed by atoms with van der Waals surface area (Å²) in [6.45, 7) is 0.197. The Kier molecular flexibility index (Phi) is 8.57. The van der Waals surface area contributed by atoms with Gasteiger partial charge in [0.05, 0.1) is 7.11 Å². The second-order valence-electron chi connectivity index (χ2n) is 5.08. The minimum Gasteiger partial charge on any atom is -0.458 e. The van der Waals surface area contributed by atoms with E-state index in [0.29, 0.717) is 6.42 Å². The quantitative estimate of drug-likeness (QED) is 0.495. The lowest BCUT2D eigenvalue weighted by atomic mass is 9.98. The molecule has 0 saturated heterocycles. The molecule has 7 nitrogen and oxygen atoms in total. The number of nitrogens with one attached hydrogen (secondary N) is 2. The third-order valence-electron chi connectivity index (χ3n) is 3.19. The number of methoxy groups -OCH3 is 1. The maximum atomic E-state index is 12.6. The molecule has 0 spiro atoms. The number of carbonyl (C=O) groups is 3. The van der Waals surface area contributed by atoms with E-state index in [0.717, 1.165) is 7.11 Å². The number of ether oxygens (including phenoxy) is 2. The van der Waals surface area contributed by atoms with Crippen molar-refractivity contribution in [3.63, 3.8) is 0 Å². The predicted molar refractivity (Wildman–Crippen MR) is 73.8 cm³/mol. The molecule has 146 valence electrons. The molecule has 0 aromatic carbocycles. The summed E-state index contributed by atoms with van der Waals surface area (Å²) < 4.78 is 69.1. The van der Waals surface area contributed by atoms with Crippen LogP contribution in [0.5, 0.6) is 0 Å². The second kappa shape index (κ2) is 9.37. The van der Waals surface area contributed by atoms with E-state index in [1.807, 2.05) is 5.32 Å². The van der Waals surface area contributed by atoms with Gasteiger partial charge in [0.2, 0.25) is 5.91 Å². The van der Waals surface area contributed by atoms with Gasteiger partial charge < -0.3 is 20.1 Å². The Morgan fingerprint density at radius 3 is 2.12 bits per heavy atom. The van der Waals surface area contributed by atoms with Gasteiger partial charge in [-0.25, -0.2) is 4.79 Å². The summed E-state index contributed by atoms with van der Waals surface area (Å²) >= 11 is 0. The van der Waals surface area contributed by atoms with Crippen LogP contribution in [0.2, 0.25) is 0 Å². The Balaban J connectivity index is 4.58. The second-order valence-corrected chi connectivity index (χ2v) is 5.08. The first-order chi connectivity index (χ1) is 11.4. The van der Waals surface area contributed by atoms with Crippen molar-refractivity contribution in [1.29, 1.82) is 0 Å². The van der Waals surface area contributed by atoms with E-state index in [-0.39, 0.29) is 5.92 Å². The van der Waals surface area contributed by atoms with Gasteiger partial charge in [-0.3, -0.25) is 9.59 Å². The monoisotopic (exact) mass is 378 g/mol. The highest BCUT2D eigenvalue weighted by Gasteiger charge is 2.58. The van der Waals surface area contributed by atoms with Crippen LogP contribution in [0.3, 0.4) is 0 Å². The van der Waals surface area contributed by atoms with E-state index < -0.39 is 49.3 Å². The molecule has 0 heterocycles. The van der Waals surface area contributed by atoms with Crippen molar-refractivity contribution >= 4 is 18.0 Å². The van der Waals surface area contributed by atoms with Crippen LogP contribution < -0.4 is 10.6 Å². The smallest absolute Gasteiger partial charge is 0.456 e. The first-order valence-electron chi connectivity index (χ1n) is 7.08. The number of carbonyl (C=O) groups excluding carboxylic acids is 3. The Hall–Kier alpha value is -2.14. The average molecular weight is 378 g/mol. The van der Waals surface area contributed by atoms with Gasteiger partial charge in [-0.1, -0.05) is 20.3 Å².